The number of furan rings is 1. The van der Waals surface area contributed by atoms with Gasteiger partial charge in [-0.15, -0.1) is 0 Å². The van der Waals surface area contributed by atoms with Crippen molar-refractivity contribution >= 4 is 27.7 Å². The van der Waals surface area contributed by atoms with Gasteiger partial charge in [-0.05, 0) is 30.7 Å². The lowest BCUT2D eigenvalue weighted by molar-refractivity contribution is 0.398. The summed E-state index contributed by atoms with van der Waals surface area (Å²) in [7, 11) is 2.98. The zero-order chi connectivity index (χ0) is 21.7. The highest BCUT2D eigenvalue weighted by molar-refractivity contribution is 6.10. The topological polar surface area (TPSA) is 86.2 Å². The van der Waals surface area contributed by atoms with E-state index in [2.05, 4.69) is 10.5 Å². The summed E-state index contributed by atoms with van der Waals surface area (Å²) in [5.74, 6) is 0.791. The summed E-state index contributed by atoms with van der Waals surface area (Å²) in [6.45, 7) is 1.71. The highest BCUT2D eigenvalue weighted by Crippen LogP contribution is 2.42. The van der Waals surface area contributed by atoms with Crippen molar-refractivity contribution in [1.82, 2.24) is 5.43 Å². The summed E-state index contributed by atoms with van der Waals surface area (Å²) < 4.78 is 35.9. The average molecular weight is 422 g/mol. The van der Waals surface area contributed by atoms with Gasteiger partial charge in [-0.2, -0.15) is 5.10 Å². The van der Waals surface area contributed by atoms with Crippen LogP contribution in [0.1, 0.15) is 29.3 Å². The second-order valence-electron chi connectivity index (χ2n) is 7.29. The molecule has 3 heterocycles. The van der Waals surface area contributed by atoms with Crippen molar-refractivity contribution in [2.24, 2.45) is 5.10 Å². The molecular weight excluding hydrogens is 403 g/mol. The number of ether oxygens (including phenoxy) is 2. The lowest BCUT2D eigenvalue weighted by Crippen LogP contribution is -2.18. The Labute approximate surface area is 176 Å². The molecule has 0 fully saturated rings. The molecule has 0 spiro atoms. The van der Waals surface area contributed by atoms with Crippen LogP contribution in [0.15, 0.2) is 55.3 Å². The first kappa shape index (κ1) is 19.2. The standard InChI is InChI=1S/C23H19FN2O5/c1-11-17(16-10-15(25-26-16)12-4-6-13(24)7-5-12)19(27)18-20(28-2)14-8-9-30-21(14)23(29-3)22(18)31-11/h4-9,15,25H,10H2,1-3H3. The Morgan fingerprint density at radius 3 is 2.55 bits per heavy atom. The minimum absolute atomic E-state index is 0.169. The highest BCUT2D eigenvalue weighted by atomic mass is 19.1. The molecule has 1 N–H and O–H groups in total. The molecule has 2 aromatic carbocycles. The molecule has 1 atom stereocenters. The SMILES string of the molecule is COc1c2occc2c(OC)c2c(=O)c(C3=NNC(c4ccc(F)cc4)C3)c(C)oc12. The number of nitrogens with one attached hydrogen (secondary N) is 1. The van der Waals surface area contributed by atoms with Crippen LogP contribution in [-0.2, 0) is 0 Å². The van der Waals surface area contributed by atoms with E-state index >= 15 is 0 Å². The second kappa shape index (κ2) is 7.16. The zero-order valence-electron chi connectivity index (χ0n) is 17.1. The molecule has 4 aromatic rings. The van der Waals surface area contributed by atoms with Crippen LogP contribution in [0.4, 0.5) is 4.39 Å². The van der Waals surface area contributed by atoms with Crippen molar-refractivity contribution in [3.63, 3.8) is 0 Å². The van der Waals surface area contributed by atoms with Crippen LogP contribution in [0.5, 0.6) is 11.5 Å². The van der Waals surface area contributed by atoms with Gasteiger partial charge >= 0.3 is 0 Å². The number of fused-ring (bicyclic) bond motifs is 2. The summed E-state index contributed by atoms with van der Waals surface area (Å²) in [5.41, 5.74) is 5.28. The lowest BCUT2D eigenvalue weighted by Gasteiger charge is -2.13. The number of hydrazone groups is 1. The van der Waals surface area contributed by atoms with Crippen molar-refractivity contribution in [2.75, 3.05) is 14.2 Å². The van der Waals surface area contributed by atoms with Crippen molar-refractivity contribution in [3.05, 3.63) is 69.5 Å². The van der Waals surface area contributed by atoms with Crippen LogP contribution in [0, 0.1) is 12.7 Å². The minimum Gasteiger partial charge on any atom is -0.495 e. The monoisotopic (exact) mass is 422 g/mol. The van der Waals surface area contributed by atoms with E-state index in [-0.39, 0.29) is 28.3 Å². The van der Waals surface area contributed by atoms with Crippen LogP contribution >= 0.6 is 0 Å². The molecule has 0 amide bonds. The smallest absolute Gasteiger partial charge is 0.206 e. The first-order chi connectivity index (χ1) is 15.0. The lowest BCUT2D eigenvalue weighted by atomic mass is 9.97. The molecule has 0 bridgehead atoms. The molecule has 31 heavy (non-hydrogen) atoms. The van der Waals surface area contributed by atoms with Crippen molar-refractivity contribution in [3.8, 4) is 11.5 Å². The van der Waals surface area contributed by atoms with Gasteiger partial charge in [-0.3, -0.25) is 4.79 Å². The fourth-order valence-electron chi connectivity index (χ4n) is 4.13. The Hall–Kier alpha value is -3.81. The Kier molecular flexibility index (Phi) is 4.43. The van der Waals surface area contributed by atoms with E-state index in [0.29, 0.717) is 45.9 Å². The van der Waals surface area contributed by atoms with Crippen LogP contribution in [0.3, 0.4) is 0 Å². The van der Waals surface area contributed by atoms with Crippen LogP contribution in [0.2, 0.25) is 0 Å². The predicted octanol–water partition coefficient (Wildman–Crippen LogP) is 4.44. The number of halogens is 1. The summed E-state index contributed by atoms with van der Waals surface area (Å²) in [6.07, 6.45) is 1.96. The largest absolute Gasteiger partial charge is 0.495 e. The minimum atomic E-state index is -0.305. The Morgan fingerprint density at radius 2 is 1.84 bits per heavy atom. The second-order valence-corrected chi connectivity index (χ2v) is 7.29. The van der Waals surface area contributed by atoms with E-state index in [4.69, 9.17) is 18.3 Å². The van der Waals surface area contributed by atoms with Gasteiger partial charge in [0.1, 0.15) is 22.7 Å². The molecule has 1 aliphatic heterocycles. The highest BCUT2D eigenvalue weighted by Gasteiger charge is 2.29. The maximum atomic E-state index is 13.7. The number of aryl methyl sites for hydroxylation is 1. The fourth-order valence-corrected chi connectivity index (χ4v) is 4.13. The summed E-state index contributed by atoms with van der Waals surface area (Å²) >= 11 is 0. The molecule has 0 aliphatic carbocycles. The van der Waals surface area contributed by atoms with Crippen LogP contribution < -0.4 is 20.3 Å². The third-order valence-electron chi connectivity index (χ3n) is 5.56. The normalized spacial score (nSPS) is 15.9. The predicted molar refractivity (Wildman–Crippen MR) is 114 cm³/mol. The average Bonchev–Trinajstić information content (AvgIpc) is 3.43. The van der Waals surface area contributed by atoms with Gasteiger partial charge in [-0.1, -0.05) is 12.1 Å². The third-order valence-corrected chi connectivity index (χ3v) is 5.56. The first-order valence-electron chi connectivity index (χ1n) is 9.70. The van der Waals surface area contributed by atoms with Gasteiger partial charge in [0.25, 0.3) is 0 Å². The van der Waals surface area contributed by atoms with Crippen molar-refractivity contribution < 1.29 is 22.7 Å². The zero-order valence-corrected chi connectivity index (χ0v) is 17.1. The number of hydrogen-bond donors (Lipinski definition) is 1. The number of hydrogen-bond acceptors (Lipinski definition) is 7. The van der Waals surface area contributed by atoms with Gasteiger partial charge in [-0.25, -0.2) is 4.39 Å². The van der Waals surface area contributed by atoms with Crippen LogP contribution in [-0.4, -0.2) is 19.9 Å². The van der Waals surface area contributed by atoms with E-state index in [0.717, 1.165) is 5.56 Å². The van der Waals surface area contributed by atoms with Gasteiger partial charge in [0.15, 0.2) is 11.2 Å². The van der Waals surface area contributed by atoms with Gasteiger partial charge in [0, 0.05) is 6.42 Å². The molecule has 0 saturated heterocycles. The van der Waals surface area contributed by atoms with Crippen molar-refractivity contribution in [1.29, 1.82) is 0 Å². The molecule has 0 radical (unpaired) electrons. The van der Waals surface area contributed by atoms with E-state index in [1.165, 1.54) is 32.6 Å². The van der Waals surface area contributed by atoms with Gasteiger partial charge in [0.2, 0.25) is 11.2 Å². The molecule has 8 heteroatoms. The number of rotatable bonds is 4. The molecule has 1 aliphatic rings. The first-order valence-corrected chi connectivity index (χ1v) is 9.70. The molecule has 5 rings (SSSR count). The maximum Gasteiger partial charge on any atom is 0.206 e. The quantitative estimate of drug-likeness (QED) is 0.523. The summed E-state index contributed by atoms with van der Waals surface area (Å²) in [6, 6.07) is 7.75. The number of methoxy groups -OCH3 is 2. The molecule has 7 nitrogen and oxygen atoms in total. The van der Waals surface area contributed by atoms with Gasteiger partial charge in [0.05, 0.1) is 43.2 Å². The number of nitrogens with zero attached hydrogens (tertiary/aromatic N) is 1. The third kappa shape index (κ3) is 2.86. The van der Waals surface area contributed by atoms with E-state index in [1.807, 2.05) is 0 Å². The van der Waals surface area contributed by atoms with Crippen LogP contribution in [0.25, 0.3) is 21.9 Å². The van der Waals surface area contributed by atoms with E-state index in [1.54, 1.807) is 25.1 Å². The van der Waals surface area contributed by atoms with E-state index in [9.17, 15) is 9.18 Å². The van der Waals surface area contributed by atoms with Crippen molar-refractivity contribution in [2.45, 2.75) is 19.4 Å². The molecule has 0 saturated carbocycles. The van der Waals surface area contributed by atoms with E-state index < -0.39 is 0 Å². The molecule has 158 valence electrons. The Bertz CT molecular complexity index is 1400. The van der Waals surface area contributed by atoms with Gasteiger partial charge < -0.3 is 23.7 Å². The summed E-state index contributed by atoms with van der Waals surface area (Å²) in [4.78, 5) is 13.7. The number of benzene rings is 2. The molecule has 2 aromatic heterocycles. The molecule has 1 unspecified atom stereocenters. The fraction of sp³-hybridized carbons (Fsp3) is 0.217. The Morgan fingerprint density at radius 1 is 1.10 bits per heavy atom. The summed E-state index contributed by atoms with van der Waals surface area (Å²) in [5, 5.41) is 5.27. The maximum absolute atomic E-state index is 13.7. The molecular formula is C23H19FN2O5. The Balaban J connectivity index is 1.68.